The van der Waals surface area contributed by atoms with E-state index in [1.165, 1.54) is 54.9 Å². The van der Waals surface area contributed by atoms with E-state index in [1.54, 1.807) is 0 Å². The third-order valence-electron chi connectivity index (χ3n) is 11.4. The molecular formula is C53H40N2. The van der Waals surface area contributed by atoms with E-state index < -0.39 is 0 Å². The number of nitrogens with zero attached hydrogens (tertiary/aromatic N) is 2. The molecule has 0 unspecified atom stereocenters. The Morgan fingerprint density at radius 1 is 0.309 bits per heavy atom. The largest absolute Gasteiger partial charge is 0.310 e. The Labute approximate surface area is 323 Å². The molecule has 0 aromatic heterocycles. The predicted molar refractivity (Wildman–Crippen MR) is 234 cm³/mol. The molecule has 0 aliphatic heterocycles. The highest BCUT2D eigenvalue weighted by molar-refractivity contribution is 6.10. The molecule has 9 aromatic rings. The molecule has 0 fully saturated rings. The monoisotopic (exact) mass is 704 g/mol. The van der Waals surface area contributed by atoms with E-state index in [-0.39, 0.29) is 5.41 Å². The summed E-state index contributed by atoms with van der Waals surface area (Å²) in [7, 11) is 0. The minimum absolute atomic E-state index is 0.0755. The fourth-order valence-electron chi connectivity index (χ4n) is 8.82. The van der Waals surface area contributed by atoms with Crippen molar-refractivity contribution in [2.24, 2.45) is 0 Å². The van der Waals surface area contributed by atoms with Gasteiger partial charge in [0.25, 0.3) is 0 Å². The van der Waals surface area contributed by atoms with Crippen LogP contribution in [0.1, 0.15) is 25.0 Å². The maximum atomic E-state index is 2.46. The van der Waals surface area contributed by atoms with Gasteiger partial charge in [0.05, 0.1) is 5.69 Å². The molecule has 262 valence electrons. The summed E-state index contributed by atoms with van der Waals surface area (Å²) < 4.78 is 0. The van der Waals surface area contributed by atoms with Crippen LogP contribution in [-0.2, 0) is 5.41 Å². The highest BCUT2D eigenvalue weighted by atomic mass is 15.2. The molecule has 9 aromatic carbocycles. The van der Waals surface area contributed by atoms with Crippen LogP contribution in [0.25, 0.3) is 43.8 Å². The molecule has 0 N–H and O–H groups in total. The standard InChI is InChI=1S/C53H40N2/c1-53(2)50-30-14-13-27-47(50)49-36-42(31-33-51(49)53)55(41-24-16-23-40(35-41)54(38-19-5-3-6-20-38)39-21-7-4-8-22-39)52-34-32-46(45-26-11-12-28-48(45)52)44-29-15-18-37-17-9-10-25-43(37)44/h3-36H,1-2H3. The lowest BCUT2D eigenvalue weighted by Crippen LogP contribution is -2.16. The number of hydrogen-bond acceptors (Lipinski definition) is 2. The number of rotatable bonds is 7. The predicted octanol–water partition coefficient (Wildman–Crippen LogP) is 14.9. The summed E-state index contributed by atoms with van der Waals surface area (Å²) in [6.07, 6.45) is 0. The first-order valence-electron chi connectivity index (χ1n) is 19.1. The van der Waals surface area contributed by atoms with E-state index in [2.05, 4.69) is 230 Å². The molecule has 10 rings (SSSR count). The molecule has 0 saturated carbocycles. The normalized spacial score (nSPS) is 12.7. The molecule has 0 atom stereocenters. The lowest BCUT2D eigenvalue weighted by molar-refractivity contribution is 0.660. The van der Waals surface area contributed by atoms with Crippen molar-refractivity contribution in [2.45, 2.75) is 19.3 Å². The Bertz CT molecular complexity index is 2810. The zero-order valence-corrected chi connectivity index (χ0v) is 31.0. The molecule has 0 radical (unpaired) electrons. The Morgan fingerprint density at radius 2 is 0.818 bits per heavy atom. The van der Waals surface area contributed by atoms with Crippen LogP contribution in [0, 0.1) is 0 Å². The molecule has 0 amide bonds. The van der Waals surface area contributed by atoms with Gasteiger partial charge in [-0.3, -0.25) is 0 Å². The van der Waals surface area contributed by atoms with Crippen molar-refractivity contribution in [3.05, 3.63) is 217 Å². The SMILES string of the molecule is CC1(C)c2ccccc2-c2cc(N(c3cccc(N(c4ccccc4)c4ccccc4)c3)c3ccc(-c4cccc5ccccc45)c4ccccc34)ccc21. The Kier molecular flexibility index (Phi) is 7.85. The van der Waals surface area contributed by atoms with Gasteiger partial charge in [-0.05, 0) is 110 Å². The highest BCUT2D eigenvalue weighted by Crippen LogP contribution is 2.52. The summed E-state index contributed by atoms with van der Waals surface area (Å²) in [4.78, 5) is 4.80. The van der Waals surface area contributed by atoms with Crippen molar-refractivity contribution in [1.29, 1.82) is 0 Å². The lowest BCUT2D eigenvalue weighted by atomic mass is 9.82. The zero-order chi connectivity index (χ0) is 36.9. The van der Waals surface area contributed by atoms with Crippen LogP contribution in [0.15, 0.2) is 206 Å². The Hall–Kier alpha value is -6.90. The minimum atomic E-state index is -0.0755. The van der Waals surface area contributed by atoms with Gasteiger partial charge >= 0.3 is 0 Å². The van der Waals surface area contributed by atoms with Crippen molar-refractivity contribution < 1.29 is 0 Å². The van der Waals surface area contributed by atoms with Crippen molar-refractivity contribution in [2.75, 3.05) is 9.80 Å². The van der Waals surface area contributed by atoms with Crippen molar-refractivity contribution in [3.63, 3.8) is 0 Å². The number of para-hydroxylation sites is 2. The van der Waals surface area contributed by atoms with E-state index in [4.69, 9.17) is 0 Å². The van der Waals surface area contributed by atoms with E-state index in [0.717, 1.165) is 34.1 Å². The highest BCUT2D eigenvalue weighted by Gasteiger charge is 2.35. The lowest BCUT2D eigenvalue weighted by Gasteiger charge is -2.31. The van der Waals surface area contributed by atoms with Gasteiger partial charge in [-0.25, -0.2) is 0 Å². The molecule has 0 saturated heterocycles. The zero-order valence-electron chi connectivity index (χ0n) is 31.0. The molecule has 1 aliphatic rings. The van der Waals surface area contributed by atoms with Gasteiger partial charge in [0.2, 0.25) is 0 Å². The van der Waals surface area contributed by atoms with Crippen LogP contribution in [0.3, 0.4) is 0 Å². The van der Waals surface area contributed by atoms with Crippen LogP contribution in [0.2, 0.25) is 0 Å². The van der Waals surface area contributed by atoms with Gasteiger partial charge in [-0.15, -0.1) is 0 Å². The van der Waals surface area contributed by atoms with E-state index in [9.17, 15) is 0 Å². The third-order valence-corrected chi connectivity index (χ3v) is 11.4. The fraction of sp³-hybridized carbons (Fsp3) is 0.0566. The quantitative estimate of drug-likeness (QED) is 0.163. The van der Waals surface area contributed by atoms with Gasteiger partial charge in [0.15, 0.2) is 0 Å². The van der Waals surface area contributed by atoms with Gasteiger partial charge in [-0.2, -0.15) is 0 Å². The smallest absolute Gasteiger partial charge is 0.0540 e. The van der Waals surface area contributed by atoms with E-state index in [1.807, 2.05) is 0 Å². The average molecular weight is 705 g/mol. The van der Waals surface area contributed by atoms with Gasteiger partial charge in [0, 0.05) is 39.2 Å². The van der Waals surface area contributed by atoms with E-state index in [0.29, 0.717) is 0 Å². The molecule has 55 heavy (non-hydrogen) atoms. The van der Waals surface area contributed by atoms with Crippen molar-refractivity contribution >= 4 is 55.7 Å². The maximum Gasteiger partial charge on any atom is 0.0540 e. The second-order valence-electron chi connectivity index (χ2n) is 15.0. The summed E-state index contributed by atoms with van der Waals surface area (Å²) >= 11 is 0. The Balaban J connectivity index is 1.21. The molecule has 0 bridgehead atoms. The maximum absolute atomic E-state index is 2.46. The number of fused-ring (bicyclic) bond motifs is 5. The summed E-state index contributed by atoms with van der Waals surface area (Å²) in [5.74, 6) is 0. The number of anilines is 6. The second kappa shape index (κ2) is 13.2. The molecule has 2 heteroatoms. The first-order valence-corrected chi connectivity index (χ1v) is 19.1. The van der Waals surface area contributed by atoms with Crippen LogP contribution >= 0.6 is 0 Å². The van der Waals surface area contributed by atoms with Crippen LogP contribution < -0.4 is 9.80 Å². The molecule has 2 nitrogen and oxygen atoms in total. The molecular weight excluding hydrogens is 665 g/mol. The summed E-state index contributed by atoms with van der Waals surface area (Å²) in [6, 6.07) is 75.1. The van der Waals surface area contributed by atoms with Crippen LogP contribution in [0.4, 0.5) is 34.1 Å². The van der Waals surface area contributed by atoms with Gasteiger partial charge < -0.3 is 9.80 Å². The van der Waals surface area contributed by atoms with Crippen molar-refractivity contribution in [1.82, 2.24) is 0 Å². The van der Waals surface area contributed by atoms with Gasteiger partial charge in [-0.1, -0.05) is 159 Å². The minimum Gasteiger partial charge on any atom is -0.310 e. The summed E-state index contributed by atoms with van der Waals surface area (Å²) in [5, 5.41) is 4.92. The Morgan fingerprint density at radius 3 is 1.58 bits per heavy atom. The average Bonchev–Trinajstić information content (AvgIpc) is 3.47. The van der Waals surface area contributed by atoms with Crippen molar-refractivity contribution in [3.8, 4) is 22.3 Å². The van der Waals surface area contributed by atoms with E-state index >= 15 is 0 Å². The molecule has 0 heterocycles. The molecule has 0 spiro atoms. The van der Waals surface area contributed by atoms with Crippen LogP contribution in [0.5, 0.6) is 0 Å². The fourth-order valence-corrected chi connectivity index (χ4v) is 8.82. The third kappa shape index (κ3) is 5.49. The number of benzene rings is 9. The first-order chi connectivity index (χ1) is 27.1. The molecule has 1 aliphatic carbocycles. The van der Waals surface area contributed by atoms with Crippen LogP contribution in [-0.4, -0.2) is 0 Å². The summed E-state index contributed by atoms with van der Waals surface area (Å²) in [5.41, 5.74) is 14.4. The second-order valence-corrected chi connectivity index (χ2v) is 15.0. The first kappa shape index (κ1) is 32.7. The number of hydrogen-bond donors (Lipinski definition) is 0. The van der Waals surface area contributed by atoms with Gasteiger partial charge in [0.1, 0.15) is 0 Å². The summed E-state index contributed by atoms with van der Waals surface area (Å²) in [6.45, 7) is 4.69. The topological polar surface area (TPSA) is 6.48 Å².